The van der Waals surface area contributed by atoms with Crippen LogP contribution in [0.25, 0.3) is 6.08 Å². The van der Waals surface area contributed by atoms with E-state index in [-0.39, 0.29) is 16.9 Å². The number of ether oxygens (including phenoxy) is 1. The normalized spacial score (nSPS) is 10.7. The van der Waals surface area contributed by atoms with Crippen molar-refractivity contribution >= 4 is 35.0 Å². The lowest BCUT2D eigenvalue weighted by atomic mass is 10.1. The van der Waals surface area contributed by atoms with E-state index in [0.717, 1.165) is 5.69 Å². The Kier molecular flexibility index (Phi) is 7.25. The van der Waals surface area contributed by atoms with Crippen LogP contribution in [0.4, 0.5) is 17.1 Å². The Balaban J connectivity index is 2.02. The van der Waals surface area contributed by atoms with Crippen molar-refractivity contribution in [1.82, 2.24) is 0 Å². The number of nitrogens with zero attached hydrogens (tertiary/aromatic N) is 3. The van der Waals surface area contributed by atoms with E-state index in [0.29, 0.717) is 11.1 Å². The molecule has 0 heterocycles. The number of carbonyl (C=O) groups is 2. The standard InChI is InChI=1S/C21H20N4O5/c1-14-4-9-18(19(10-14)25(28)29)23-20(26)13-30-21(27)16(12-22)11-15-5-7-17(8-6-15)24(2)3/h4-11H,13H2,1-3H3,(H,23,26). The number of hydrogen-bond donors (Lipinski definition) is 1. The molecule has 0 unspecified atom stereocenters. The number of carbonyl (C=O) groups excluding carboxylic acids is 2. The smallest absolute Gasteiger partial charge is 0.349 e. The summed E-state index contributed by atoms with van der Waals surface area (Å²) in [5, 5.41) is 22.7. The highest BCUT2D eigenvalue weighted by Crippen LogP contribution is 2.25. The zero-order valence-electron chi connectivity index (χ0n) is 16.7. The molecule has 2 aromatic rings. The summed E-state index contributed by atoms with van der Waals surface area (Å²) in [6.07, 6.45) is 1.35. The third-order valence-electron chi connectivity index (χ3n) is 4.02. The van der Waals surface area contributed by atoms with Crippen molar-refractivity contribution in [3.8, 4) is 6.07 Å². The lowest BCUT2D eigenvalue weighted by Crippen LogP contribution is -2.21. The predicted molar refractivity (Wildman–Crippen MR) is 112 cm³/mol. The first-order chi connectivity index (χ1) is 14.2. The SMILES string of the molecule is Cc1ccc(NC(=O)COC(=O)C(C#N)=Cc2ccc(N(C)C)cc2)c([N+](=O)[O-])c1. The van der Waals surface area contributed by atoms with E-state index < -0.39 is 23.4 Å². The maximum absolute atomic E-state index is 12.1. The van der Waals surface area contributed by atoms with Crippen molar-refractivity contribution in [1.29, 1.82) is 5.26 Å². The Morgan fingerprint density at radius 3 is 2.47 bits per heavy atom. The Labute approximate surface area is 173 Å². The van der Waals surface area contributed by atoms with Crippen molar-refractivity contribution < 1.29 is 19.2 Å². The first-order valence-electron chi connectivity index (χ1n) is 8.82. The fraction of sp³-hybridized carbons (Fsp3) is 0.190. The molecule has 154 valence electrons. The number of nitro groups is 1. The molecule has 0 aliphatic heterocycles. The Morgan fingerprint density at radius 2 is 1.90 bits per heavy atom. The fourth-order valence-electron chi connectivity index (χ4n) is 2.47. The number of nitriles is 1. The summed E-state index contributed by atoms with van der Waals surface area (Å²) in [5.41, 5.74) is 1.68. The minimum Gasteiger partial charge on any atom is -0.451 e. The molecule has 2 rings (SSSR count). The molecule has 2 aromatic carbocycles. The average Bonchev–Trinajstić information content (AvgIpc) is 2.71. The van der Waals surface area contributed by atoms with Crippen LogP contribution in [-0.4, -0.2) is 37.5 Å². The molecule has 0 saturated carbocycles. The molecule has 1 amide bonds. The van der Waals surface area contributed by atoms with E-state index in [1.807, 2.05) is 31.1 Å². The molecule has 0 spiro atoms. The number of aryl methyl sites for hydroxylation is 1. The van der Waals surface area contributed by atoms with E-state index in [4.69, 9.17) is 4.74 Å². The monoisotopic (exact) mass is 408 g/mol. The highest BCUT2D eigenvalue weighted by molar-refractivity contribution is 6.00. The summed E-state index contributed by atoms with van der Waals surface area (Å²) in [5.74, 6) is -1.73. The summed E-state index contributed by atoms with van der Waals surface area (Å²) in [6.45, 7) is 0.993. The van der Waals surface area contributed by atoms with Crippen molar-refractivity contribution in [3.63, 3.8) is 0 Å². The Hall–Kier alpha value is -4.19. The van der Waals surface area contributed by atoms with Crippen molar-refractivity contribution in [2.24, 2.45) is 0 Å². The molecule has 0 aliphatic carbocycles. The molecule has 1 N–H and O–H groups in total. The van der Waals surface area contributed by atoms with Gasteiger partial charge in [0.25, 0.3) is 11.6 Å². The van der Waals surface area contributed by atoms with Gasteiger partial charge in [-0.3, -0.25) is 14.9 Å². The third kappa shape index (κ3) is 5.90. The van der Waals surface area contributed by atoms with Crippen LogP contribution in [0.1, 0.15) is 11.1 Å². The lowest BCUT2D eigenvalue weighted by molar-refractivity contribution is -0.384. The van der Waals surface area contributed by atoms with Crippen LogP contribution in [0.2, 0.25) is 0 Å². The molecule has 9 nitrogen and oxygen atoms in total. The summed E-state index contributed by atoms with van der Waals surface area (Å²) >= 11 is 0. The topological polar surface area (TPSA) is 126 Å². The van der Waals surface area contributed by atoms with E-state index in [1.165, 1.54) is 18.2 Å². The van der Waals surface area contributed by atoms with Crippen molar-refractivity contribution in [3.05, 3.63) is 69.3 Å². The van der Waals surface area contributed by atoms with Crippen LogP contribution in [0.15, 0.2) is 48.0 Å². The molecule has 0 fully saturated rings. The number of nitrogens with one attached hydrogen (secondary N) is 1. The van der Waals surface area contributed by atoms with Gasteiger partial charge in [-0.15, -0.1) is 0 Å². The molecule has 0 saturated heterocycles. The number of rotatable bonds is 7. The van der Waals surface area contributed by atoms with Gasteiger partial charge in [0.2, 0.25) is 0 Å². The second-order valence-electron chi connectivity index (χ2n) is 6.56. The molecule has 0 aliphatic rings. The van der Waals surface area contributed by atoms with Gasteiger partial charge < -0.3 is 15.0 Å². The zero-order chi connectivity index (χ0) is 22.3. The minimum atomic E-state index is -0.970. The predicted octanol–water partition coefficient (Wildman–Crippen LogP) is 3.06. The zero-order valence-corrected chi connectivity index (χ0v) is 16.7. The van der Waals surface area contributed by atoms with E-state index in [9.17, 15) is 25.0 Å². The van der Waals surface area contributed by atoms with Gasteiger partial charge in [0.05, 0.1) is 4.92 Å². The maximum atomic E-state index is 12.1. The third-order valence-corrected chi connectivity index (χ3v) is 4.02. The van der Waals surface area contributed by atoms with Crippen LogP contribution in [0, 0.1) is 28.4 Å². The Morgan fingerprint density at radius 1 is 1.23 bits per heavy atom. The van der Waals surface area contributed by atoms with Crippen molar-refractivity contribution in [2.45, 2.75) is 6.92 Å². The largest absolute Gasteiger partial charge is 0.451 e. The highest BCUT2D eigenvalue weighted by Gasteiger charge is 2.18. The number of esters is 1. The molecule has 0 aromatic heterocycles. The van der Waals surface area contributed by atoms with Crippen LogP contribution in [0.3, 0.4) is 0 Å². The van der Waals surface area contributed by atoms with Crippen molar-refractivity contribution in [2.75, 3.05) is 30.9 Å². The van der Waals surface area contributed by atoms with Crippen LogP contribution >= 0.6 is 0 Å². The fourth-order valence-corrected chi connectivity index (χ4v) is 2.47. The van der Waals surface area contributed by atoms with Gasteiger partial charge >= 0.3 is 5.97 Å². The number of nitro benzene ring substituents is 1. The van der Waals surface area contributed by atoms with Gasteiger partial charge in [0.15, 0.2) is 6.61 Å². The summed E-state index contributed by atoms with van der Waals surface area (Å²) < 4.78 is 4.87. The van der Waals surface area contributed by atoms with Gasteiger partial charge in [-0.25, -0.2) is 4.79 Å². The van der Waals surface area contributed by atoms with E-state index >= 15 is 0 Å². The highest BCUT2D eigenvalue weighted by atomic mass is 16.6. The molecule has 9 heteroatoms. The lowest BCUT2D eigenvalue weighted by Gasteiger charge is -2.11. The molecular weight excluding hydrogens is 388 g/mol. The maximum Gasteiger partial charge on any atom is 0.349 e. The van der Waals surface area contributed by atoms with Crippen LogP contribution < -0.4 is 10.2 Å². The van der Waals surface area contributed by atoms with Gasteiger partial charge in [0.1, 0.15) is 17.3 Å². The number of hydrogen-bond acceptors (Lipinski definition) is 7. The number of benzene rings is 2. The van der Waals surface area contributed by atoms with Gasteiger partial charge in [-0.1, -0.05) is 18.2 Å². The first kappa shape index (κ1) is 22.1. The average molecular weight is 408 g/mol. The first-order valence-corrected chi connectivity index (χ1v) is 8.82. The van der Waals surface area contributed by atoms with Gasteiger partial charge in [-0.05, 0) is 42.3 Å². The molecular formula is C21H20N4O5. The van der Waals surface area contributed by atoms with Crippen LogP contribution in [0.5, 0.6) is 0 Å². The second-order valence-corrected chi connectivity index (χ2v) is 6.56. The molecule has 0 radical (unpaired) electrons. The van der Waals surface area contributed by atoms with Gasteiger partial charge in [0, 0.05) is 25.8 Å². The number of amides is 1. The van der Waals surface area contributed by atoms with Crippen LogP contribution in [-0.2, 0) is 14.3 Å². The van der Waals surface area contributed by atoms with E-state index in [1.54, 1.807) is 31.2 Å². The quantitative estimate of drug-likeness (QED) is 0.245. The summed E-state index contributed by atoms with van der Waals surface area (Å²) in [7, 11) is 3.78. The Bertz CT molecular complexity index is 1040. The number of anilines is 2. The summed E-state index contributed by atoms with van der Waals surface area (Å²) in [6, 6.07) is 13.2. The molecule has 30 heavy (non-hydrogen) atoms. The second kappa shape index (κ2) is 9.84. The van der Waals surface area contributed by atoms with Gasteiger partial charge in [-0.2, -0.15) is 5.26 Å². The molecule has 0 atom stereocenters. The minimum absolute atomic E-state index is 0.0105. The molecule has 0 bridgehead atoms. The summed E-state index contributed by atoms with van der Waals surface area (Å²) in [4.78, 5) is 36.5. The van der Waals surface area contributed by atoms with E-state index in [2.05, 4.69) is 5.32 Å².